The average Bonchev–Trinajstić information content (AvgIpc) is 2.45. The van der Waals surface area contributed by atoms with Gasteiger partial charge in [-0.3, -0.25) is 0 Å². The van der Waals surface area contributed by atoms with Gasteiger partial charge in [0.2, 0.25) is 0 Å². The minimum Gasteiger partial charge on any atom is -0.228 e. The molecule has 0 fully saturated rings. The highest BCUT2D eigenvalue weighted by Gasteiger charge is 2.30. The molecule has 2 atom stereocenters. The van der Waals surface area contributed by atoms with E-state index < -0.39 is 32.0 Å². The van der Waals surface area contributed by atoms with E-state index in [9.17, 15) is 17.2 Å². The van der Waals surface area contributed by atoms with Gasteiger partial charge in [0.25, 0.3) is 0 Å². The van der Waals surface area contributed by atoms with Gasteiger partial charge in [-0.1, -0.05) is 24.3 Å². The first kappa shape index (κ1) is 15.6. The van der Waals surface area contributed by atoms with Crippen LogP contribution in [0.1, 0.15) is 35.5 Å². The predicted molar refractivity (Wildman–Crippen MR) is 78.5 cm³/mol. The van der Waals surface area contributed by atoms with Crippen LogP contribution in [0.5, 0.6) is 0 Å². The third-order valence-electron chi connectivity index (χ3n) is 3.62. The average molecular weight is 310 g/mol. The lowest BCUT2D eigenvalue weighted by atomic mass is 10.1. The van der Waals surface area contributed by atoms with Crippen molar-refractivity contribution in [2.24, 2.45) is 0 Å². The number of halogens is 2. The molecule has 2 nitrogen and oxygen atoms in total. The standard InChI is InChI=1S/C16H16F2O2S/c1-11(13-5-3-7-15(17)9-13)21(19,20)12(2)14-6-4-8-16(18)10-14/h3-12H,1-2H3. The van der Waals surface area contributed by atoms with E-state index in [1.54, 1.807) is 12.1 Å². The Morgan fingerprint density at radius 3 is 1.52 bits per heavy atom. The van der Waals surface area contributed by atoms with Gasteiger partial charge in [-0.25, -0.2) is 17.2 Å². The minimum absolute atomic E-state index is 0.387. The lowest BCUT2D eigenvalue weighted by Crippen LogP contribution is -2.17. The van der Waals surface area contributed by atoms with E-state index in [0.717, 1.165) is 0 Å². The van der Waals surface area contributed by atoms with Crippen molar-refractivity contribution < 1.29 is 17.2 Å². The fourth-order valence-electron chi connectivity index (χ4n) is 2.20. The molecule has 0 saturated carbocycles. The normalized spacial score (nSPS) is 14.7. The second-order valence-electron chi connectivity index (χ2n) is 4.98. The maximum Gasteiger partial charge on any atom is 0.163 e. The highest BCUT2D eigenvalue weighted by atomic mass is 32.2. The van der Waals surface area contributed by atoms with E-state index in [0.29, 0.717) is 11.1 Å². The topological polar surface area (TPSA) is 34.1 Å². The van der Waals surface area contributed by atoms with Crippen molar-refractivity contribution in [1.29, 1.82) is 0 Å². The van der Waals surface area contributed by atoms with Crippen LogP contribution in [0.15, 0.2) is 48.5 Å². The van der Waals surface area contributed by atoms with Crippen molar-refractivity contribution in [2.75, 3.05) is 0 Å². The van der Waals surface area contributed by atoms with Crippen molar-refractivity contribution in [1.82, 2.24) is 0 Å². The first-order chi connectivity index (χ1) is 9.82. The Morgan fingerprint density at radius 2 is 1.19 bits per heavy atom. The zero-order chi connectivity index (χ0) is 15.6. The summed E-state index contributed by atoms with van der Waals surface area (Å²) in [5.74, 6) is -0.957. The molecule has 0 N–H and O–H groups in total. The molecule has 0 bridgehead atoms. The van der Waals surface area contributed by atoms with Gasteiger partial charge in [-0.05, 0) is 49.2 Å². The fraction of sp³-hybridized carbons (Fsp3) is 0.250. The van der Waals surface area contributed by atoms with E-state index in [4.69, 9.17) is 0 Å². The fourth-order valence-corrected chi connectivity index (χ4v) is 3.87. The van der Waals surface area contributed by atoms with Crippen LogP contribution in [0.3, 0.4) is 0 Å². The summed E-state index contributed by atoms with van der Waals surface area (Å²) in [5.41, 5.74) is 0.775. The third kappa shape index (κ3) is 3.29. The Balaban J connectivity index is 2.37. The number of benzene rings is 2. The molecule has 0 spiro atoms. The highest BCUT2D eigenvalue weighted by molar-refractivity contribution is 7.91. The largest absolute Gasteiger partial charge is 0.228 e. The number of rotatable bonds is 4. The van der Waals surface area contributed by atoms with Crippen molar-refractivity contribution in [3.05, 3.63) is 71.3 Å². The second kappa shape index (κ2) is 5.93. The van der Waals surface area contributed by atoms with Crippen molar-refractivity contribution in [2.45, 2.75) is 24.3 Å². The molecule has 0 saturated heterocycles. The summed E-state index contributed by atoms with van der Waals surface area (Å²) in [5, 5.41) is -1.74. The van der Waals surface area contributed by atoms with Gasteiger partial charge in [-0.2, -0.15) is 0 Å². The van der Waals surface area contributed by atoms with Crippen LogP contribution in [0.2, 0.25) is 0 Å². The molecule has 5 heteroatoms. The maximum atomic E-state index is 13.2. The molecule has 0 aliphatic carbocycles. The number of sulfone groups is 1. The van der Waals surface area contributed by atoms with E-state index >= 15 is 0 Å². The summed E-state index contributed by atoms with van der Waals surface area (Å²) in [6, 6.07) is 11.0. The zero-order valence-corrected chi connectivity index (χ0v) is 12.6. The SMILES string of the molecule is CC(c1cccc(F)c1)S(=O)(=O)C(C)c1cccc(F)c1. The summed E-state index contributed by atoms with van der Waals surface area (Å²) >= 11 is 0. The van der Waals surface area contributed by atoms with Gasteiger partial charge >= 0.3 is 0 Å². The van der Waals surface area contributed by atoms with Crippen LogP contribution in [-0.4, -0.2) is 8.42 Å². The Bertz CT molecular complexity index is 684. The zero-order valence-electron chi connectivity index (χ0n) is 11.8. The molecular formula is C16H16F2O2S. The number of hydrogen-bond acceptors (Lipinski definition) is 2. The van der Waals surface area contributed by atoms with Crippen LogP contribution >= 0.6 is 0 Å². The molecule has 0 aromatic heterocycles. The number of hydrogen-bond donors (Lipinski definition) is 0. The molecular weight excluding hydrogens is 294 g/mol. The summed E-state index contributed by atoms with van der Waals surface area (Å²) in [6.07, 6.45) is 0. The Hall–Kier alpha value is -1.75. The van der Waals surface area contributed by atoms with Gasteiger partial charge < -0.3 is 0 Å². The van der Waals surface area contributed by atoms with E-state index in [-0.39, 0.29) is 0 Å². The van der Waals surface area contributed by atoms with Crippen LogP contribution in [0, 0.1) is 11.6 Å². The third-order valence-corrected chi connectivity index (χ3v) is 6.14. The first-order valence-corrected chi connectivity index (χ1v) is 8.17. The van der Waals surface area contributed by atoms with Gasteiger partial charge in [0.1, 0.15) is 11.6 Å². The van der Waals surface area contributed by atoms with Crippen molar-refractivity contribution in [3.8, 4) is 0 Å². The Kier molecular flexibility index (Phi) is 4.42. The Labute approximate surface area is 123 Å². The summed E-state index contributed by atoms with van der Waals surface area (Å²) in [4.78, 5) is 0. The molecule has 2 rings (SSSR count). The van der Waals surface area contributed by atoms with Crippen molar-refractivity contribution >= 4 is 9.84 Å². The minimum atomic E-state index is -3.61. The summed E-state index contributed by atoms with van der Waals surface area (Å²) in [7, 11) is -3.61. The predicted octanol–water partition coefficient (Wildman–Crippen LogP) is 4.20. The molecule has 0 radical (unpaired) electrons. The van der Waals surface area contributed by atoms with Gasteiger partial charge in [0.15, 0.2) is 9.84 Å². The smallest absolute Gasteiger partial charge is 0.163 e. The van der Waals surface area contributed by atoms with Crippen LogP contribution in [0.4, 0.5) is 8.78 Å². The van der Waals surface area contributed by atoms with E-state index in [2.05, 4.69) is 0 Å². The van der Waals surface area contributed by atoms with E-state index in [1.165, 1.54) is 50.2 Å². The summed E-state index contributed by atoms with van der Waals surface area (Å²) in [6.45, 7) is 3.03. The lowest BCUT2D eigenvalue weighted by molar-refractivity contribution is 0.574. The maximum absolute atomic E-state index is 13.2. The summed E-state index contributed by atoms with van der Waals surface area (Å²) < 4.78 is 51.7. The lowest BCUT2D eigenvalue weighted by Gasteiger charge is -2.19. The molecule has 2 aromatic carbocycles. The van der Waals surface area contributed by atoms with Crippen molar-refractivity contribution in [3.63, 3.8) is 0 Å². The molecule has 21 heavy (non-hydrogen) atoms. The van der Waals surface area contributed by atoms with Crippen LogP contribution < -0.4 is 0 Å². The molecule has 0 amide bonds. The molecule has 0 heterocycles. The van der Waals surface area contributed by atoms with Gasteiger partial charge in [0, 0.05) is 0 Å². The molecule has 2 unspecified atom stereocenters. The van der Waals surface area contributed by atoms with Gasteiger partial charge in [0.05, 0.1) is 10.5 Å². The highest BCUT2D eigenvalue weighted by Crippen LogP contribution is 2.33. The Morgan fingerprint density at radius 1 is 0.810 bits per heavy atom. The van der Waals surface area contributed by atoms with E-state index in [1.807, 2.05) is 0 Å². The first-order valence-electron chi connectivity index (χ1n) is 6.56. The van der Waals surface area contributed by atoms with Crippen LogP contribution in [-0.2, 0) is 9.84 Å². The van der Waals surface area contributed by atoms with Gasteiger partial charge in [-0.15, -0.1) is 0 Å². The quantitative estimate of drug-likeness (QED) is 0.848. The monoisotopic (exact) mass is 310 g/mol. The molecule has 0 aliphatic heterocycles. The molecule has 0 aliphatic rings. The molecule has 2 aromatic rings. The second-order valence-corrected chi connectivity index (χ2v) is 7.58. The molecule has 112 valence electrons. The van der Waals surface area contributed by atoms with Crippen LogP contribution in [0.25, 0.3) is 0 Å².